The summed E-state index contributed by atoms with van der Waals surface area (Å²) in [5.41, 5.74) is 0. The number of halogens is 3. The molecule has 0 spiro atoms. The van der Waals surface area contributed by atoms with Gasteiger partial charge in [0.1, 0.15) is 0 Å². The maximum absolute atomic E-state index is 5.50. The molecule has 0 heterocycles. The number of rotatable bonds is 0. The second-order valence-electron chi connectivity index (χ2n) is 1.35. The summed E-state index contributed by atoms with van der Waals surface area (Å²) < 4.78 is 0. The van der Waals surface area contributed by atoms with Gasteiger partial charge in [0, 0.05) is 0 Å². The minimum absolute atomic E-state index is 0.553. The molecule has 0 aliphatic heterocycles. The first kappa shape index (κ1) is 10.7. The fourth-order valence-electron chi connectivity index (χ4n) is 0.414. The fraction of sp³-hybridized carbons (Fsp3) is 0. The first-order chi connectivity index (χ1) is 4.79. The molecule has 0 aliphatic rings. The van der Waals surface area contributed by atoms with Crippen LogP contribution < -0.4 is 0 Å². The van der Waals surface area contributed by atoms with Crippen LogP contribution in [-0.4, -0.2) is 0 Å². The van der Waals surface area contributed by atoms with Gasteiger partial charge in [-0.15, -0.1) is 29.3 Å². The van der Waals surface area contributed by atoms with Crippen molar-refractivity contribution >= 4 is 32.9 Å². The molecule has 0 unspecified atom stereocenters. The van der Waals surface area contributed by atoms with Crippen molar-refractivity contribution in [2.24, 2.45) is 0 Å². The third kappa shape index (κ3) is 4.52. The Labute approximate surface area is 84.2 Å². The van der Waals surface area contributed by atoms with Gasteiger partial charge in [-0.1, -0.05) is 10.0 Å². The molecule has 0 saturated heterocycles. The Morgan fingerprint density at radius 2 is 1.50 bits per heavy atom. The molecule has 0 bridgehead atoms. The Balaban J connectivity index is 0.000000371. The van der Waals surface area contributed by atoms with Crippen LogP contribution in [0.5, 0.6) is 0 Å². The van der Waals surface area contributed by atoms with Crippen LogP contribution in [0.1, 0.15) is 0 Å². The van der Waals surface area contributed by atoms with Crippen molar-refractivity contribution in [2.75, 3.05) is 0 Å². The van der Waals surface area contributed by atoms with Gasteiger partial charge in [-0.3, -0.25) is 0 Å². The zero-order chi connectivity index (χ0) is 7.98. The van der Waals surface area contributed by atoms with Crippen LogP contribution in [0.2, 0.25) is 10.0 Å². The average molecular weight is 247 g/mol. The van der Waals surface area contributed by atoms with E-state index in [9.17, 15) is 0 Å². The van der Waals surface area contributed by atoms with E-state index >= 15 is 0 Å². The van der Waals surface area contributed by atoms with Crippen molar-refractivity contribution in [3.05, 3.63) is 34.3 Å². The van der Waals surface area contributed by atoms with E-state index in [4.69, 9.17) is 32.9 Å². The monoisotopic (exact) mass is 244 g/mol. The summed E-state index contributed by atoms with van der Waals surface area (Å²) in [6.45, 7) is 0. The summed E-state index contributed by atoms with van der Waals surface area (Å²) in [7, 11) is 4.76. The predicted molar refractivity (Wildman–Crippen MR) is 41.2 cm³/mol. The molecular weight excluding hydrogens is 244 g/mol. The zero-order valence-corrected chi connectivity index (χ0v) is 10.3. The molecule has 0 N–H and O–H groups in total. The molecular formula is C6H3Cl3Zn. The number of benzene rings is 1. The summed E-state index contributed by atoms with van der Waals surface area (Å²) in [6.07, 6.45) is 0. The molecule has 1 aromatic carbocycles. The Morgan fingerprint density at radius 1 is 1.10 bits per heavy atom. The van der Waals surface area contributed by atoms with Crippen LogP contribution in [0.4, 0.5) is 0 Å². The van der Waals surface area contributed by atoms with Crippen molar-refractivity contribution in [3.63, 3.8) is 0 Å². The SMILES string of the molecule is Clc1[c-]c(Cl)ccc1.[Cl][Zn+]. The molecule has 50 valence electrons. The molecule has 0 radical (unpaired) electrons. The van der Waals surface area contributed by atoms with Crippen molar-refractivity contribution in [1.82, 2.24) is 0 Å². The first-order valence-corrected chi connectivity index (χ1v) is 7.04. The summed E-state index contributed by atoms with van der Waals surface area (Å²) in [6, 6.07) is 7.94. The van der Waals surface area contributed by atoms with E-state index in [-0.39, 0.29) is 0 Å². The number of hydrogen-bond donors (Lipinski definition) is 0. The summed E-state index contributed by atoms with van der Waals surface area (Å²) in [5.74, 6) is 0. The van der Waals surface area contributed by atoms with E-state index in [0.29, 0.717) is 10.0 Å². The van der Waals surface area contributed by atoms with Gasteiger partial charge in [-0.2, -0.15) is 18.2 Å². The zero-order valence-electron chi connectivity index (χ0n) is 5.07. The van der Waals surface area contributed by atoms with Crippen LogP contribution in [-0.2, 0) is 17.3 Å². The second-order valence-corrected chi connectivity index (χ2v) is 2.16. The van der Waals surface area contributed by atoms with Gasteiger partial charge in [0.15, 0.2) is 0 Å². The molecule has 0 atom stereocenters. The van der Waals surface area contributed by atoms with Gasteiger partial charge >= 0.3 is 27.0 Å². The molecule has 0 saturated carbocycles. The van der Waals surface area contributed by atoms with Gasteiger partial charge in [-0.25, -0.2) is 0 Å². The van der Waals surface area contributed by atoms with Crippen molar-refractivity contribution in [2.45, 2.75) is 0 Å². The fourth-order valence-corrected chi connectivity index (χ4v) is 0.812. The molecule has 0 amide bonds. The van der Waals surface area contributed by atoms with Crippen LogP contribution in [0.3, 0.4) is 0 Å². The van der Waals surface area contributed by atoms with Crippen LogP contribution in [0.25, 0.3) is 0 Å². The summed E-state index contributed by atoms with van der Waals surface area (Å²) >= 11 is 11.9. The Bertz CT molecular complexity index is 173. The van der Waals surface area contributed by atoms with Gasteiger partial charge < -0.3 is 0 Å². The quantitative estimate of drug-likeness (QED) is 0.486. The Kier molecular flexibility index (Phi) is 6.88. The Hall–Kier alpha value is 0.713. The van der Waals surface area contributed by atoms with Gasteiger partial charge in [0.05, 0.1) is 0 Å². The third-order valence-corrected chi connectivity index (χ3v) is 1.16. The van der Waals surface area contributed by atoms with E-state index in [0.717, 1.165) is 17.3 Å². The van der Waals surface area contributed by atoms with Crippen molar-refractivity contribution in [1.29, 1.82) is 0 Å². The maximum atomic E-state index is 5.50. The molecule has 0 fully saturated rings. The molecule has 0 nitrogen and oxygen atoms in total. The molecule has 1 aromatic rings. The first-order valence-electron chi connectivity index (χ1n) is 2.39. The van der Waals surface area contributed by atoms with Crippen LogP contribution >= 0.6 is 32.9 Å². The number of hydrogen-bond acceptors (Lipinski definition) is 0. The predicted octanol–water partition coefficient (Wildman–Crippen LogP) is 3.48. The molecule has 0 aromatic heterocycles. The summed E-state index contributed by atoms with van der Waals surface area (Å²) in [5, 5.41) is 1.11. The summed E-state index contributed by atoms with van der Waals surface area (Å²) in [4.78, 5) is 0. The van der Waals surface area contributed by atoms with E-state index in [1.165, 1.54) is 0 Å². The second kappa shape index (κ2) is 6.43. The third-order valence-electron chi connectivity index (χ3n) is 0.724. The van der Waals surface area contributed by atoms with Crippen molar-refractivity contribution in [3.8, 4) is 0 Å². The average Bonchev–Trinajstić information content (AvgIpc) is 1.91. The minimum atomic E-state index is 0.553. The van der Waals surface area contributed by atoms with Gasteiger partial charge in [0.2, 0.25) is 0 Å². The molecule has 10 heavy (non-hydrogen) atoms. The van der Waals surface area contributed by atoms with E-state index in [2.05, 4.69) is 6.07 Å². The normalized spacial score (nSPS) is 8.10. The van der Waals surface area contributed by atoms with Gasteiger partial charge in [0.25, 0.3) is 0 Å². The molecule has 1 rings (SSSR count). The van der Waals surface area contributed by atoms with Crippen LogP contribution in [0, 0.1) is 6.07 Å². The topological polar surface area (TPSA) is 0 Å². The standard InChI is InChI=1S/C6H3Cl2.ClH.Zn/c7-5-2-1-3-6(8)4-5;;/h1-3H;1H;/q-1;;+2/p-1. The van der Waals surface area contributed by atoms with Gasteiger partial charge in [-0.05, 0) is 0 Å². The Morgan fingerprint density at radius 3 is 1.70 bits per heavy atom. The van der Waals surface area contributed by atoms with E-state index in [1.54, 1.807) is 18.2 Å². The van der Waals surface area contributed by atoms with Crippen molar-refractivity contribution < 1.29 is 17.3 Å². The van der Waals surface area contributed by atoms with E-state index < -0.39 is 0 Å². The molecule has 4 heteroatoms. The van der Waals surface area contributed by atoms with Crippen LogP contribution in [0.15, 0.2) is 18.2 Å². The molecule has 0 aliphatic carbocycles. The van der Waals surface area contributed by atoms with E-state index in [1.807, 2.05) is 0 Å².